The molecule has 0 unspecified atom stereocenters. The number of amides is 2. The third-order valence-electron chi connectivity index (χ3n) is 3.41. The van der Waals surface area contributed by atoms with E-state index in [4.69, 9.17) is 5.73 Å². The van der Waals surface area contributed by atoms with E-state index in [1.54, 1.807) is 20.0 Å². The van der Waals surface area contributed by atoms with Crippen LogP contribution in [-0.4, -0.2) is 43.8 Å². The van der Waals surface area contributed by atoms with Gasteiger partial charge < -0.3 is 15.2 Å². The van der Waals surface area contributed by atoms with Gasteiger partial charge in [-0.15, -0.1) is 0 Å². The summed E-state index contributed by atoms with van der Waals surface area (Å²) >= 11 is 0. The highest BCUT2D eigenvalue weighted by atomic mass is 16.6. The molecule has 0 aliphatic carbocycles. The van der Waals surface area contributed by atoms with Crippen LogP contribution in [-0.2, 0) is 4.79 Å². The minimum Gasteiger partial charge on any atom is -0.368 e. The topological polar surface area (TPSA) is 124 Å². The Kier molecular flexibility index (Phi) is 4.93. The molecule has 0 saturated heterocycles. The monoisotopic (exact) mass is 331 g/mol. The van der Waals surface area contributed by atoms with Gasteiger partial charge in [-0.1, -0.05) is 0 Å². The number of hydrogen-bond acceptors (Lipinski definition) is 5. The van der Waals surface area contributed by atoms with Crippen LogP contribution in [0, 0.1) is 10.1 Å². The SMILES string of the molecule is CC(C)N(CC(N)=O)C(=O)c1ccc(-n2ccnc2)c([N+](=O)[O-])c1. The van der Waals surface area contributed by atoms with Crippen LogP contribution in [0.25, 0.3) is 5.69 Å². The molecule has 0 fully saturated rings. The van der Waals surface area contributed by atoms with E-state index in [0.29, 0.717) is 5.69 Å². The van der Waals surface area contributed by atoms with Crippen molar-refractivity contribution in [2.45, 2.75) is 19.9 Å². The van der Waals surface area contributed by atoms with Gasteiger partial charge in [0.05, 0.1) is 17.8 Å². The molecule has 9 heteroatoms. The van der Waals surface area contributed by atoms with Gasteiger partial charge in [-0.25, -0.2) is 4.98 Å². The molecule has 2 N–H and O–H groups in total. The van der Waals surface area contributed by atoms with Crippen molar-refractivity contribution in [1.29, 1.82) is 0 Å². The summed E-state index contributed by atoms with van der Waals surface area (Å²) in [7, 11) is 0. The molecule has 0 spiro atoms. The highest BCUT2D eigenvalue weighted by molar-refractivity contribution is 5.97. The lowest BCUT2D eigenvalue weighted by Gasteiger charge is -2.25. The van der Waals surface area contributed by atoms with Gasteiger partial charge in [0.2, 0.25) is 5.91 Å². The van der Waals surface area contributed by atoms with Gasteiger partial charge in [0.25, 0.3) is 11.6 Å². The lowest BCUT2D eigenvalue weighted by Crippen LogP contribution is -2.42. The van der Waals surface area contributed by atoms with Gasteiger partial charge >= 0.3 is 0 Å². The summed E-state index contributed by atoms with van der Waals surface area (Å²) < 4.78 is 1.48. The first kappa shape index (κ1) is 17.1. The molecule has 0 aliphatic rings. The molecule has 0 aliphatic heterocycles. The number of carbonyl (C=O) groups is 2. The average molecular weight is 331 g/mol. The molecular formula is C15H17N5O4. The minimum atomic E-state index is -0.651. The Morgan fingerprint density at radius 2 is 2.12 bits per heavy atom. The van der Waals surface area contributed by atoms with Gasteiger partial charge in [-0.3, -0.25) is 19.7 Å². The van der Waals surface area contributed by atoms with Crippen LogP contribution in [0.15, 0.2) is 36.9 Å². The lowest BCUT2D eigenvalue weighted by molar-refractivity contribution is -0.384. The number of imidazole rings is 1. The zero-order valence-electron chi connectivity index (χ0n) is 13.2. The van der Waals surface area contributed by atoms with E-state index in [2.05, 4.69) is 4.98 Å². The van der Waals surface area contributed by atoms with Crippen molar-refractivity contribution < 1.29 is 14.5 Å². The van der Waals surface area contributed by atoms with Crippen molar-refractivity contribution in [3.05, 3.63) is 52.6 Å². The van der Waals surface area contributed by atoms with Gasteiger partial charge in [-0.2, -0.15) is 0 Å². The highest BCUT2D eigenvalue weighted by Crippen LogP contribution is 2.25. The molecule has 1 aromatic heterocycles. The molecule has 0 atom stereocenters. The van der Waals surface area contributed by atoms with Gasteiger partial charge in [-0.05, 0) is 26.0 Å². The lowest BCUT2D eigenvalue weighted by atomic mass is 10.1. The largest absolute Gasteiger partial charge is 0.368 e. The molecule has 2 amide bonds. The number of hydrogen-bond donors (Lipinski definition) is 1. The first-order chi connectivity index (χ1) is 11.3. The summed E-state index contributed by atoms with van der Waals surface area (Å²) in [4.78, 5) is 39.6. The molecule has 0 bridgehead atoms. The Balaban J connectivity index is 2.44. The summed E-state index contributed by atoms with van der Waals surface area (Å²) in [5.41, 5.74) is 5.33. The highest BCUT2D eigenvalue weighted by Gasteiger charge is 2.24. The summed E-state index contributed by atoms with van der Waals surface area (Å²) in [6, 6.07) is 3.85. The van der Waals surface area contributed by atoms with Gasteiger partial charge in [0.15, 0.2) is 0 Å². The van der Waals surface area contributed by atoms with Crippen LogP contribution in [0.1, 0.15) is 24.2 Å². The van der Waals surface area contributed by atoms with Crippen molar-refractivity contribution in [1.82, 2.24) is 14.5 Å². The van der Waals surface area contributed by atoms with Crippen molar-refractivity contribution in [2.75, 3.05) is 6.54 Å². The molecule has 1 heterocycles. The second-order valence-corrected chi connectivity index (χ2v) is 5.42. The minimum absolute atomic E-state index is 0.112. The number of carbonyl (C=O) groups excluding carboxylic acids is 2. The second kappa shape index (κ2) is 6.90. The number of nitro benzene ring substituents is 1. The molecule has 1 aromatic carbocycles. The first-order valence-electron chi connectivity index (χ1n) is 7.17. The fraction of sp³-hybridized carbons (Fsp3) is 0.267. The Hall–Kier alpha value is -3.23. The van der Waals surface area contributed by atoms with Crippen molar-refractivity contribution in [2.24, 2.45) is 5.73 Å². The predicted octanol–water partition coefficient (Wildman–Crippen LogP) is 1.12. The molecule has 2 rings (SSSR count). The van der Waals surface area contributed by atoms with Crippen molar-refractivity contribution in [3.63, 3.8) is 0 Å². The molecule has 24 heavy (non-hydrogen) atoms. The van der Waals surface area contributed by atoms with E-state index in [-0.39, 0.29) is 23.8 Å². The zero-order chi connectivity index (χ0) is 17.9. The Labute approximate surface area is 137 Å². The third kappa shape index (κ3) is 3.57. The standard InChI is InChI=1S/C15H17N5O4/c1-10(2)19(8-14(16)21)15(22)11-3-4-12(13(7-11)20(23)24)18-6-5-17-9-18/h3-7,9-10H,8H2,1-2H3,(H2,16,21). The predicted molar refractivity (Wildman–Crippen MR) is 85.6 cm³/mol. The Bertz CT molecular complexity index is 770. The van der Waals surface area contributed by atoms with E-state index in [9.17, 15) is 19.7 Å². The van der Waals surface area contributed by atoms with Crippen LogP contribution in [0.2, 0.25) is 0 Å². The molecule has 126 valence electrons. The quantitative estimate of drug-likeness (QED) is 0.627. The number of nitrogens with zero attached hydrogens (tertiary/aromatic N) is 4. The zero-order valence-corrected chi connectivity index (χ0v) is 13.2. The number of aromatic nitrogens is 2. The number of primary amides is 1. The smallest absolute Gasteiger partial charge is 0.294 e. The summed E-state index contributed by atoms with van der Waals surface area (Å²) in [5.74, 6) is -1.15. The second-order valence-electron chi connectivity index (χ2n) is 5.42. The number of nitro groups is 1. The summed E-state index contributed by atoms with van der Waals surface area (Å²) in [6.45, 7) is 3.21. The fourth-order valence-electron chi connectivity index (χ4n) is 2.25. The Morgan fingerprint density at radius 3 is 2.62 bits per heavy atom. The van der Waals surface area contributed by atoms with E-state index < -0.39 is 16.7 Å². The first-order valence-corrected chi connectivity index (χ1v) is 7.17. The van der Waals surface area contributed by atoms with Crippen molar-refractivity contribution in [3.8, 4) is 5.69 Å². The number of nitrogens with two attached hydrogens (primary N) is 1. The maximum absolute atomic E-state index is 12.6. The van der Waals surface area contributed by atoms with Crippen LogP contribution in [0.4, 0.5) is 5.69 Å². The number of benzene rings is 1. The Morgan fingerprint density at radius 1 is 1.42 bits per heavy atom. The summed E-state index contributed by atoms with van der Waals surface area (Å²) in [6.07, 6.45) is 4.49. The van der Waals surface area contributed by atoms with E-state index in [0.717, 1.165) is 0 Å². The maximum Gasteiger partial charge on any atom is 0.294 e. The molecule has 9 nitrogen and oxygen atoms in total. The normalized spacial score (nSPS) is 10.6. The molecule has 0 radical (unpaired) electrons. The van der Waals surface area contributed by atoms with E-state index in [1.807, 2.05) is 0 Å². The van der Waals surface area contributed by atoms with E-state index in [1.165, 1.54) is 40.2 Å². The molecule has 0 saturated carbocycles. The fourth-order valence-corrected chi connectivity index (χ4v) is 2.25. The number of rotatable bonds is 6. The van der Waals surface area contributed by atoms with Gasteiger partial charge in [0, 0.05) is 30.1 Å². The van der Waals surface area contributed by atoms with Crippen LogP contribution >= 0.6 is 0 Å². The van der Waals surface area contributed by atoms with E-state index >= 15 is 0 Å². The maximum atomic E-state index is 12.6. The average Bonchev–Trinajstić information content (AvgIpc) is 3.05. The summed E-state index contributed by atoms with van der Waals surface area (Å²) in [5, 5.41) is 11.3. The third-order valence-corrected chi connectivity index (χ3v) is 3.41. The van der Waals surface area contributed by atoms with Crippen LogP contribution in [0.3, 0.4) is 0 Å². The van der Waals surface area contributed by atoms with Crippen LogP contribution < -0.4 is 5.73 Å². The van der Waals surface area contributed by atoms with Gasteiger partial charge in [0.1, 0.15) is 5.69 Å². The van der Waals surface area contributed by atoms with Crippen LogP contribution in [0.5, 0.6) is 0 Å². The molecule has 2 aromatic rings. The van der Waals surface area contributed by atoms with Crippen molar-refractivity contribution >= 4 is 17.5 Å². The molecular weight excluding hydrogens is 314 g/mol.